The molecule has 0 aliphatic carbocycles. The van der Waals surface area contributed by atoms with Gasteiger partial charge in [0.15, 0.2) is 0 Å². The van der Waals surface area contributed by atoms with Gasteiger partial charge in [0.2, 0.25) is 0 Å². The van der Waals surface area contributed by atoms with Crippen molar-refractivity contribution < 1.29 is 13.7 Å². The lowest BCUT2D eigenvalue weighted by atomic mass is 9.86. The van der Waals surface area contributed by atoms with Crippen LogP contribution in [0.5, 0.6) is 0 Å². The summed E-state index contributed by atoms with van der Waals surface area (Å²) in [7, 11) is 2.77. The van der Waals surface area contributed by atoms with Crippen LogP contribution in [-0.4, -0.2) is 21.3 Å². The van der Waals surface area contributed by atoms with Crippen molar-refractivity contribution >= 4 is 12.8 Å². The minimum atomic E-state index is -0.385. The Kier molecular flexibility index (Phi) is 2.73. The number of hydrogen-bond donors (Lipinski definition) is 0. The highest BCUT2D eigenvalue weighted by atomic mass is 16.6. The zero-order valence-corrected chi connectivity index (χ0v) is 6.96. The molecule has 0 atom stereocenters. The van der Waals surface area contributed by atoms with Crippen molar-refractivity contribution in [3.05, 3.63) is 17.9 Å². The Morgan fingerprint density at radius 1 is 1.27 bits per heavy atom. The van der Waals surface area contributed by atoms with E-state index in [9.17, 15) is 0 Å². The second-order valence-corrected chi connectivity index (χ2v) is 2.25. The van der Waals surface area contributed by atoms with Crippen LogP contribution in [0.3, 0.4) is 0 Å². The molecule has 0 aliphatic heterocycles. The molecule has 0 N–H and O–H groups in total. The first kappa shape index (κ1) is 8.36. The van der Waals surface area contributed by atoms with Crippen LogP contribution < -0.4 is 5.66 Å². The minimum absolute atomic E-state index is 0.385. The summed E-state index contributed by atoms with van der Waals surface area (Å²) in [5.41, 5.74) is 0.701. The minimum Gasteiger partial charge on any atom is -0.470 e. The van der Waals surface area contributed by atoms with Crippen LogP contribution in [0.15, 0.2) is 16.5 Å². The Morgan fingerprint density at radius 2 is 1.91 bits per heavy atom. The van der Waals surface area contributed by atoms with Gasteiger partial charge in [0.1, 0.15) is 5.66 Å². The SMILES string of the molecule is COB(OC)c1ccc(C)o1. The van der Waals surface area contributed by atoms with Gasteiger partial charge < -0.3 is 13.7 Å². The Bertz CT molecular complexity index is 217. The van der Waals surface area contributed by atoms with Gasteiger partial charge in [-0.05, 0) is 19.1 Å². The molecule has 0 bridgehead atoms. The molecule has 60 valence electrons. The van der Waals surface area contributed by atoms with Gasteiger partial charge in [-0.15, -0.1) is 0 Å². The summed E-state index contributed by atoms with van der Waals surface area (Å²) in [5, 5.41) is 0. The van der Waals surface area contributed by atoms with Gasteiger partial charge in [0.05, 0.1) is 5.76 Å². The first-order valence-electron chi connectivity index (χ1n) is 3.40. The fraction of sp³-hybridized carbons (Fsp3) is 0.429. The maximum atomic E-state index is 5.28. The highest BCUT2D eigenvalue weighted by Crippen LogP contribution is 1.97. The molecular formula is C7H11BO3. The van der Waals surface area contributed by atoms with Crippen LogP contribution in [0.2, 0.25) is 0 Å². The molecule has 0 spiro atoms. The van der Waals surface area contributed by atoms with Gasteiger partial charge in [-0.1, -0.05) is 0 Å². The second-order valence-electron chi connectivity index (χ2n) is 2.25. The third-order valence-electron chi connectivity index (χ3n) is 1.42. The van der Waals surface area contributed by atoms with Crippen molar-refractivity contribution in [1.82, 2.24) is 0 Å². The number of rotatable bonds is 3. The van der Waals surface area contributed by atoms with Gasteiger partial charge in [-0.25, -0.2) is 0 Å². The molecule has 0 fully saturated rings. The summed E-state index contributed by atoms with van der Waals surface area (Å²) < 4.78 is 15.2. The normalized spacial score (nSPS) is 10.1. The average Bonchev–Trinajstić information content (AvgIpc) is 2.39. The van der Waals surface area contributed by atoms with E-state index in [0.29, 0.717) is 5.66 Å². The predicted molar refractivity (Wildman–Crippen MR) is 42.9 cm³/mol. The van der Waals surface area contributed by atoms with Crippen LogP contribution in [0.1, 0.15) is 5.76 Å². The Labute approximate surface area is 66.4 Å². The maximum Gasteiger partial charge on any atom is 0.531 e. The van der Waals surface area contributed by atoms with E-state index in [-0.39, 0.29) is 7.12 Å². The van der Waals surface area contributed by atoms with E-state index in [4.69, 9.17) is 13.7 Å². The summed E-state index contributed by atoms with van der Waals surface area (Å²) in [4.78, 5) is 0. The van der Waals surface area contributed by atoms with Gasteiger partial charge in [0, 0.05) is 14.2 Å². The molecule has 1 aromatic rings. The van der Waals surface area contributed by atoms with E-state index in [1.54, 1.807) is 14.2 Å². The largest absolute Gasteiger partial charge is 0.531 e. The summed E-state index contributed by atoms with van der Waals surface area (Å²) in [6.45, 7) is 1.88. The zero-order valence-electron chi connectivity index (χ0n) is 6.96. The summed E-state index contributed by atoms with van der Waals surface area (Å²) in [6.07, 6.45) is 0. The Hall–Kier alpha value is -0.735. The molecule has 1 aromatic heterocycles. The van der Waals surface area contributed by atoms with Crippen LogP contribution >= 0.6 is 0 Å². The van der Waals surface area contributed by atoms with Crippen LogP contribution in [-0.2, 0) is 9.31 Å². The van der Waals surface area contributed by atoms with Gasteiger partial charge in [-0.3, -0.25) is 0 Å². The molecule has 0 saturated heterocycles. The van der Waals surface area contributed by atoms with Crippen molar-refractivity contribution in [3.8, 4) is 0 Å². The summed E-state index contributed by atoms with van der Waals surface area (Å²) >= 11 is 0. The molecule has 0 unspecified atom stereocenters. The molecule has 0 aromatic carbocycles. The van der Waals surface area contributed by atoms with E-state index in [2.05, 4.69) is 0 Å². The zero-order chi connectivity index (χ0) is 8.27. The Morgan fingerprint density at radius 3 is 2.27 bits per heavy atom. The summed E-state index contributed by atoms with van der Waals surface area (Å²) in [5.74, 6) is 0.860. The van der Waals surface area contributed by atoms with E-state index < -0.39 is 0 Å². The van der Waals surface area contributed by atoms with Crippen molar-refractivity contribution in [2.24, 2.45) is 0 Å². The molecule has 11 heavy (non-hydrogen) atoms. The molecule has 1 heterocycles. The summed E-state index contributed by atoms with van der Waals surface area (Å²) in [6, 6.07) is 3.72. The fourth-order valence-electron chi connectivity index (χ4n) is 0.909. The quantitative estimate of drug-likeness (QED) is 0.596. The van der Waals surface area contributed by atoms with E-state index in [1.165, 1.54) is 0 Å². The number of furan rings is 1. The van der Waals surface area contributed by atoms with Crippen LogP contribution in [0.25, 0.3) is 0 Å². The topological polar surface area (TPSA) is 31.6 Å². The fourth-order valence-corrected chi connectivity index (χ4v) is 0.909. The van der Waals surface area contributed by atoms with Crippen LogP contribution in [0.4, 0.5) is 0 Å². The number of hydrogen-bond acceptors (Lipinski definition) is 3. The lowest BCUT2D eigenvalue weighted by molar-refractivity contribution is 0.284. The third-order valence-corrected chi connectivity index (χ3v) is 1.42. The van der Waals surface area contributed by atoms with Crippen LogP contribution in [0, 0.1) is 6.92 Å². The standard InChI is InChI=1S/C7H11BO3/c1-6-4-5-7(11-6)8(9-2)10-3/h4-5H,1-3H3. The highest BCUT2D eigenvalue weighted by Gasteiger charge is 2.21. The molecule has 0 aliphatic rings. The van der Waals surface area contributed by atoms with Crippen molar-refractivity contribution in [3.63, 3.8) is 0 Å². The third kappa shape index (κ3) is 1.85. The van der Waals surface area contributed by atoms with E-state index in [0.717, 1.165) is 5.76 Å². The monoisotopic (exact) mass is 154 g/mol. The van der Waals surface area contributed by atoms with E-state index >= 15 is 0 Å². The highest BCUT2D eigenvalue weighted by molar-refractivity contribution is 6.59. The molecule has 4 heteroatoms. The number of aryl methyl sites for hydroxylation is 1. The van der Waals surface area contributed by atoms with Crippen molar-refractivity contribution in [2.45, 2.75) is 6.92 Å². The maximum absolute atomic E-state index is 5.28. The molecular weight excluding hydrogens is 143 g/mol. The van der Waals surface area contributed by atoms with E-state index in [1.807, 2.05) is 19.1 Å². The van der Waals surface area contributed by atoms with Gasteiger partial charge >= 0.3 is 7.12 Å². The first-order valence-corrected chi connectivity index (χ1v) is 3.40. The lowest BCUT2D eigenvalue weighted by Crippen LogP contribution is -2.33. The average molecular weight is 154 g/mol. The first-order chi connectivity index (χ1) is 5.27. The Balaban J connectivity index is 2.73. The smallest absolute Gasteiger partial charge is 0.470 e. The van der Waals surface area contributed by atoms with Crippen molar-refractivity contribution in [2.75, 3.05) is 14.2 Å². The van der Waals surface area contributed by atoms with Gasteiger partial charge in [-0.2, -0.15) is 0 Å². The predicted octanol–water partition coefficient (Wildman–Crippen LogP) is 0.576. The van der Waals surface area contributed by atoms with Crippen molar-refractivity contribution in [1.29, 1.82) is 0 Å². The molecule has 0 saturated carbocycles. The molecule has 3 nitrogen and oxygen atoms in total. The molecule has 1 rings (SSSR count). The molecule has 0 radical (unpaired) electrons. The lowest BCUT2D eigenvalue weighted by Gasteiger charge is -2.03. The molecule has 0 amide bonds. The van der Waals surface area contributed by atoms with Gasteiger partial charge in [0.25, 0.3) is 0 Å². The second kappa shape index (κ2) is 3.60.